The molecule has 0 saturated carbocycles. The lowest BCUT2D eigenvalue weighted by atomic mass is 9.99. The summed E-state index contributed by atoms with van der Waals surface area (Å²) in [6.07, 6.45) is 7.16. The fourth-order valence-electron chi connectivity index (χ4n) is 3.63. The highest BCUT2D eigenvalue weighted by molar-refractivity contribution is 14.0. The number of halogens is 1. The molecule has 1 saturated heterocycles. The summed E-state index contributed by atoms with van der Waals surface area (Å²) in [5, 5.41) is 3.47. The van der Waals surface area contributed by atoms with E-state index >= 15 is 0 Å². The number of nitrogens with zero attached hydrogens (tertiary/aromatic N) is 3. The third-order valence-corrected chi connectivity index (χ3v) is 5.07. The molecule has 2 heterocycles. The van der Waals surface area contributed by atoms with Crippen molar-refractivity contribution < 1.29 is 0 Å². The zero-order valence-corrected chi connectivity index (χ0v) is 18.7. The van der Waals surface area contributed by atoms with E-state index in [1.165, 1.54) is 23.1 Å². The van der Waals surface area contributed by atoms with Crippen molar-refractivity contribution in [2.75, 3.05) is 26.2 Å². The minimum Gasteiger partial charge on any atom is -0.357 e. The van der Waals surface area contributed by atoms with Crippen LogP contribution in [0.25, 0.3) is 0 Å². The lowest BCUT2D eigenvalue weighted by molar-refractivity contribution is 0.460. The van der Waals surface area contributed by atoms with E-state index in [2.05, 4.69) is 65.4 Å². The van der Waals surface area contributed by atoms with Crippen molar-refractivity contribution in [3.63, 3.8) is 0 Å². The molecule has 2 aromatic rings. The first-order valence-corrected chi connectivity index (χ1v) is 9.73. The molecule has 0 amide bonds. The lowest BCUT2D eigenvalue weighted by Gasteiger charge is -2.22. The number of likely N-dealkylation sites (tertiary alicyclic amines) is 1. The number of aromatic nitrogens is 1. The van der Waals surface area contributed by atoms with Crippen molar-refractivity contribution >= 4 is 29.9 Å². The summed E-state index contributed by atoms with van der Waals surface area (Å²) in [6, 6.07) is 12.9. The minimum absolute atomic E-state index is 0. The van der Waals surface area contributed by atoms with E-state index in [1.807, 2.05) is 12.4 Å². The normalized spacial score (nSPS) is 16.9. The second-order valence-corrected chi connectivity index (χ2v) is 7.08. The molecule has 1 aromatic heterocycles. The second-order valence-electron chi connectivity index (χ2n) is 7.08. The summed E-state index contributed by atoms with van der Waals surface area (Å²) in [6.45, 7) is 8.17. The highest BCUT2D eigenvalue weighted by atomic mass is 127. The van der Waals surface area contributed by atoms with E-state index in [4.69, 9.17) is 4.99 Å². The third-order valence-electron chi connectivity index (χ3n) is 5.07. The van der Waals surface area contributed by atoms with E-state index in [0.29, 0.717) is 5.92 Å². The number of hydrogen-bond donors (Lipinski definition) is 1. The molecule has 1 aliphatic rings. The Morgan fingerprint density at radius 3 is 2.81 bits per heavy atom. The molecule has 4 nitrogen and oxygen atoms in total. The quantitative estimate of drug-likeness (QED) is 0.387. The predicted molar refractivity (Wildman–Crippen MR) is 124 cm³/mol. The second kappa shape index (κ2) is 11.3. The van der Waals surface area contributed by atoms with Crippen LogP contribution in [0.1, 0.15) is 30.0 Å². The lowest BCUT2D eigenvalue weighted by Crippen LogP contribution is -2.40. The average molecular weight is 478 g/mol. The molecule has 0 aliphatic carbocycles. The molecule has 0 spiro atoms. The number of pyridine rings is 1. The highest BCUT2D eigenvalue weighted by Crippen LogP contribution is 2.21. The molecular weight excluding hydrogens is 447 g/mol. The summed E-state index contributed by atoms with van der Waals surface area (Å²) < 4.78 is 0. The number of benzene rings is 1. The average Bonchev–Trinajstić information content (AvgIpc) is 3.12. The van der Waals surface area contributed by atoms with E-state index < -0.39 is 0 Å². The smallest absolute Gasteiger partial charge is 0.193 e. The maximum atomic E-state index is 4.88. The molecule has 3 rings (SSSR count). The van der Waals surface area contributed by atoms with Gasteiger partial charge in [0.15, 0.2) is 5.96 Å². The fourth-order valence-corrected chi connectivity index (χ4v) is 3.63. The summed E-state index contributed by atoms with van der Waals surface area (Å²) in [7, 11) is 0. The van der Waals surface area contributed by atoms with E-state index in [0.717, 1.165) is 45.0 Å². The van der Waals surface area contributed by atoms with Gasteiger partial charge in [0, 0.05) is 38.6 Å². The Morgan fingerprint density at radius 1 is 1.26 bits per heavy atom. The number of guanidine groups is 1. The summed E-state index contributed by atoms with van der Waals surface area (Å²) >= 11 is 0. The van der Waals surface area contributed by atoms with Gasteiger partial charge in [-0.15, -0.1) is 24.0 Å². The number of nitrogens with one attached hydrogen (secondary N) is 1. The van der Waals surface area contributed by atoms with Crippen LogP contribution in [0.15, 0.2) is 53.8 Å². The van der Waals surface area contributed by atoms with E-state index in [9.17, 15) is 0 Å². The topological polar surface area (TPSA) is 40.5 Å². The monoisotopic (exact) mass is 478 g/mol. The standard InChI is InChI=1S/C22H30N4.HI/c1-3-24-22(25-13-10-21-9-12-23-16-18(21)2)26-14-11-20(17-26)15-19-7-5-4-6-8-19;/h4-9,12,16,20H,3,10-11,13-15,17H2,1-2H3,(H,24,25);1H. The Balaban J connectivity index is 0.00000261. The van der Waals surface area contributed by atoms with Crippen LogP contribution < -0.4 is 5.32 Å². The molecule has 0 radical (unpaired) electrons. The molecule has 0 bridgehead atoms. The molecule has 146 valence electrons. The Kier molecular flexibility index (Phi) is 9.04. The first-order chi connectivity index (χ1) is 12.8. The Hall–Kier alpha value is -1.63. The van der Waals surface area contributed by atoms with Crippen LogP contribution in [0.5, 0.6) is 0 Å². The van der Waals surface area contributed by atoms with Gasteiger partial charge in [-0.05, 0) is 61.8 Å². The van der Waals surface area contributed by atoms with Gasteiger partial charge in [0.25, 0.3) is 0 Å². The maximum absolute atomic E-state index is 4.88. The molecule has 1 atom stereocenters. The van der Waals surface area contributed by atoms with Crippen LogP contribution >= 0.6 is 24.0 Å². The molecular formula is C22H31IN4. The Morgan fingerprint density at radius 2 is 2.07 bits per heavy atom. The molecule has 1 aromatic carbocycles. The van der Waals surface area contributed by atoms with Crippen LogP contribution in [0, 0.1) is 12.8 Å². The van der Waals surface area contributed by atoms with Gasteiger partial charge in [-0.1, -0.05) is 30.3 Å². The highest BCUT2D eigenvalue weighted by Gasteiger charge is 2.24. The number of aryl methyl sites for hydroxylation is 1. The van der Waals surface area contributed by atoms with Crippen molar-refractivity contribution in [2.45, 2.75) is 33.1 Å². The van der Waals surface area contributed by atoms with Crippen molar-refractivity contribution in [1.82, 2.24) is 15.2 Å². The van der Waals surface area contributed by atoms with Gasteiger partial charge in [0.2, 0.25) is 0 Å². The van der Waals surface area contributed by atoms with Gasteiger partial charge in [-0.25, -0.2) is 0 Å². The largest absolute Gasteiger partial charge is 0.357 e. The molecule has 1 fully saturated rings. The molecule has 1 N–H and O–H groups in total. The molecule has 27 heavy (non-hydrogen) atoms. The van der Waals surface area contributed by atoms with Gasteiger partial charge in [-0.3, -0.25) is 9.98 Å². The molecule has 5 heteroatoms. The Labute approximate surface area is 180 Å². The van der Waals surface area contributed by atoms with E-state index in [-0.39, 0.29) is 24.0 Å². The van der Waals surface area contributed by atoms with Gasteiger partial charge in [0.1, 0.15) is 0 Å². The van der Waals surface area contributed by atoms with Crippen LogP contribution in [0.4, 0.5) is 0 Å². The van der Waals surface area contributed by atoms with Gasteiger partial charge in [0.05, 0.1) is 0 Å². The minimum atomic E-state index is 0. The van der Waals surface area contributed by atoms with Crippen molar-refractivity contribution in [2.24, 2.45) is 10.9 Å². The Bertz CT molecular complexity index is 717. The number of hydrogen-bond acceptors (Lipinski definition) is 2. The summed E-state index contributed by atoms with van der Waals surface area (Å²) in [5.74, 6) is 1.78. The van der Waals surface area contributed by atoms with Crippen LogP contribution in [-0.2, 0) is 12.8 Å². The van der Waals surface area contributed by atoms with Crippen LogP contribution in [0.3, 0.4) is 0 Å². The number of aliphatic imine (C=N–C) groups is 1. The number of rotatable bonds is 6. The molecule has 1 unspecified atom stereocenters. The van der Waals surface area contributed by atoms with Gasteiger partial charge >= 0.3 is 0 Å². The first-order valence-electron chi connectivity index (χ1n) is 9.73. The van der Waals surface area contributed by atoms with Gasteiger partial charge < -0.3 is 10.2 Å². The van der Waals surface area contributed by atoms with Crippen molar-refractivity contribution in [3.05, 3.63) is 65.5 Å². The zero-order chi connectivity index (χ0) is 18.2. The van der Waals surface area contributed by atoms with E-state index in [1.54, 1.807) is 0 Å². The predicted octanol–water partition coefficient (Wildman–Crippen LogP) is 4.08. The summed E-state index contributed by atoms with van der Waals surface area (Å²) in [4.78, 5) is 11.5. The van der Waals surface area contributed by atoms with Crippen LogP contribution in [-0.4, -0.2) is 42.0 Å². The maximum Gasteiger partial charge on any atom is 0.193 e. The third kappa shape index (κ3) is 6.48. The van der Waals surface area contributed by atoms with Crippen LogP contribution in [0.2, 0.25) is 0 Å². The zero-order valence-electron chi connectivity index (χ0n) is 16.4. The van der Waals surface area contributed by atoms with Gasteiger partial charge in [-0.2, -0.15) is 0 Å². The first kappa shape index (κ1) is 21.7. The van der Waals surface area contributed by atoms with Crippen molar-refractivity contribution in [1.29, 1.82) is 0 Å². The molecule has 1 aliphatic heterocycles. The SMILES string of the molecule is CCNC(=NCCc1ccncc1C)N1CCC(Cc2ccccc2)C1.I. The van der Waals surface area contributed by atoms with Crippen molar-refractivity contribution in [3.8, 4) is 0 Å². The summed E-state index contributed by atoms with van der Waals surface area (Å²) in [5.41, 5.74) is 4.02. The fraction of sp³-hybridized carbons (Fsp3) is 0.455.